The van der Waals surface area contributed by atoms with Gasteiger partial charge in [0, 0.05) is 6.61 Å². The van der Waals surface area contributed by atoms with E-state index in [4.69, 9.17) is 0 Å². The number of fused-ring (bicyclic) bond motifs is 3. The first-order chi connectivity index (χ1) is 8.02. The molecule has 0 aromatic carbocycles. The van der Waals surface area contributed by atoms with Crippen molar-refractivity contribution in [3.05, 3.63) is 11.1 Å². The molecule has 3 aliphatic carbocycles. The molecule has 17 heavy (non-hydrogen) atoms. The minimum atomic E-state index is 0.129. The van der Waals surface area contributed by atoms with E-state index in [1.165, 1.54) is 24.8 Å². The third-order valence-corrected chi connectivity index (χ3v) is 5.95. The van der Waals surface area contributed by atoms with Gasteiger partial charge < -0.3 is 10.2 Å². The Balaban J connectivity index is 1.93. The van der Waals surface area contributed by atoms with E-state index in [2.05, 4.69) is 13.8 Å². The third-order valence-electron chi connectivity index (χ3n) is 5.95. The van der Waals surface area contributed by atoms with Crippen LogP contribution in [-0.2, 0) is 0 Å². The van der Waals surface area contributed by atoms with Crippen molar-refractivity contribution in [2.45, 2.75) is 46.0 Å². The van der Waals surface area contributed by atoms with Crippen molar-refractivity contribution in [2.24, 2.45) is 22.7 Å². The van der Waals surface area contributed by atoms with E-state index in [9.17, 15) is 10.2 Å². The van der Waals surface area contributed by atoms with Crippen molar-refractivity contribution in [3.8, 4) is 0 Å². The molecule has 0 aromatic heterocycles. The van der Waals surface area contributed by atoms with Gasteiger partial charge in [0.2, 0.25) is 0 Å². The first-order valence-corrected chi connectivity index (χ1v) is 6.95. The lowest BCUT2D eigenvalue weighted by Gasteiger charge is -2.53. The Labute approximate surface area is 104 Å². The Morgan fingerprint density at radius 2 is 2.00 bits per heavy atom. The van der Waals surface area contributed by atoms with Gasteiger partial charge in [-0.1, -0.05) is 19.4 Å². The smallest absolute Gasteiger partial charge is 0.0644 e. The van der Waals surface area contributed by atoms with Crippen LogP contribution in [0.4, 0.5) is 0 Å². The zero-order valence-corrected chi connectivity index (χ0v) is 11.0. The molecule has 3 rings (SSSR count). The molecule has 2 fully saturated rings. The van der Waals surface area contributed by atoms with Gasteiger partial charge in [-0.3, -0.25) is 0 Å². The van der Waals surface area contributed by atoms with Gasteiger partial charge in [0.25, 0.3) is 0 Å². The molecule has 0 aromatic rings. The number of aliphatic hydroxyl groups is 2. The molecular weight excluding hydrogens is 212 g/mol. The van der Waals surface area contributed by atoms with Crippen molar-refractivity contribution >= 4 is 0 Å². The zero-order valence-electron chi connectivity index (χ0n) is 11.0. The summed E-state index contributed by atoms with van der Waals surface area (Å²) in [6, 6.07) is 0. The third kappa shape index (κ3) is 1.47. The van der Waals surface area contributed by atoms with Crippen LogP contribution in [0.3, 0.4) is 0 Å². The lowest BCUT2D eigenvalue weighted by molar-refractivity contribution is 0.0828. The lowest BCUT2D eigenvalue weighted by Crippen LogP contribution is -2.43. The molecule has 4 unspecified atom stereocenters. The van der Waals surface area contributed by atoms with Gasteiger partial charge in [0.1, 0.15) is 0 Å². The van der Waals surface area contributed by atoms with E-state index < -0.39 is 0 Å². The van der Waals surface area contributed by atoms with Crippen molar-refractivity contribution in [1.82, 2.24) is 0 Å². The molecular formula is C15H24O2. The quantitative estimate of drug-likeness (QED) is 0.723. The number of aliphatic hydroxyl groups excluding tert-OH is 2. The van der Waals surface area contributed by atoms with E-state index in [1.54, 1.807) is 5.57 Å². The molecule has 0 amide bonds. The first-order valence-electron chi connectivity index (χ1n) is 6.95. The summed E-state index contributed by atoms with van der Waals surface area (Å²) in [5, 5.41) is 19.1. The second kappa shape index (κ2) is 3.58. The summed E-state index contributed by atoms with van der Waals surface area (Å²) in [6.45, 7) is 5.19. The molecule has 0 aliphatic heterocycles. The summed E-state index contributed by atoms with van der Waals surface area (Å²) in [4.78, 5) is 0. The SMILES string of the molecule is CC1(CO)CC2CC(CO)=C3CCC3(C)C2C1. The highest BCUT2D eigenvalue weighted by molar-refractivity contribution is 5.35. The highest BCUT2D eigenvalue weighted by atomic mass is 16.3. The van der Waals surface area contributed by atoms with Crippen LogP contribution < -0.4 is 0 Å². The molecule has 2 nitrogen and oxygen atoms in total. The van der Waals surface area contributed by atoms with Crippen LogP contribution in [0, 0.1) is 22.7 Å². The van der Waals surface area contributed by atoms with Crippen LogP contribution in [-0.4, -0.2) is 23.4 Å². The molecule has 2 saturated carbocycles. The highest BCUT2D eigenvalue weighted by Crippen LogP contribution is 2.66. The fraction of sp³-hybridized carbons (Fsp3) is 0.867. The molecule has 0 heterocycles. The molecule has 2 N–H and O–H groups in total. The van der Waals surface area contributed by atoms with Gasteiger partial charge in [0.15, 0.2) is 0 Å². The van der Waals surface area contributed by atoms with E-state index in [0.29, 0.717) is 17.9 Å². The summed E-state index contributed by atoms with van der Waals surface area (Å²) in [7, 11) is 0. The maximum Gasteiger partial charge on any atom is 0.0644 e. The van der Waals surface area contributed by atoms with E-state index in [-0.39, 0.29) is 12.0 Å². The predicted molar refractivity (Wildman–Crippen MR) is 67.5 cm³/mol. The van der Waals surface area contributed by atoms with E-state index in [0.717, 1.165) is 18.8 Å². The van der Waals surface area contributed by atoms with Crippen molar-refractivity contribution in [2.75, 3.05) is 13.2 Å². The molecule has 0 saturated heterocycles. The monoisotopic (exact) mass is 236 g/mol. The second-order valence-electron chi connectivity index (χ2n) is 7.11. The van der Waals surface area contributed by atoms with Crippen molar-refractivity contribution < 1.29 is 10.2 Å². The maximum absolute atomic E-state index is 9.59. The fourth-order valence-electron chi connectivity index (χ4n) is 4.88. The van der Waals surface area contributed by atoms with Gasteiger partial charge in [-0.25, -0.2) is 0 Å². The van der Waals surface area contributed by atoms with E-state index in [1.807, 2.05) is 0 Å². The van der Waals surface area contributed by atoms with Crippen LogP contribution in [0.25, 0.3) is 0 Å². The highest BCUT2D eigenvalue weighted by Gasteiger charge is 2.56. The molecule has 96 valence electrons. The van der Waals surface area contributed by atoms with Crippen molar-refractivity contribution in [1.29, 1.82) is 0 Å². The molecule has 4 atom stereocenters. The first kappa shape index (κ1) is 11.7. The van der Waals surface area contributed by atoms with Gasteiger partial charge in [-0.15, -0.1) is 0 Å². The Morgan fingerprint density at radius 3 is 2.53 bits per heavy atom. The van der Waals surface area contributed by atoms with Crippen LogP contribution in [0.5, 0.6) is 0 Å². The zero-order chi connectivity index (χ0) is 12.3. The van der Waals surface area contributed by atoms with Gasteiger partial charge >= 0.3 is 0 Å². The lowest BCUT2D eigenvalue weighted by atomic mass is 9.51. The minimum absolute atomic E-state index is 0.129. The molecule has 0 bridgehead atoms. The molecule has 0 spiro atoms. The molecule has 3 aliphatic rings. The summed E-state index contributed by atoms with van der Waals surface area (Å²) in [5.41, 5.74) is 3.36. The largest absolute Gasteiger partial charge is 0.396 e. The standard InChI is InChI=1S/C15H24O2/c1-14(9-17)6-10-5-11(8-16)12-3-4-15(12,2)13(10)7-14/h10,13,16-17H,3-9H2,1-2H3. The van der Waals surface area contributed by atoms with Gasteiger partial charge in [0.05, 0.1) is 6.61 Å². The number of allylic oxidation sites excluding steroid dienone is 1. The van der Waals surface area contributed by atoms with Crippen LogP contribution in [0.15, 0.2) is 11.1 Å². The normalized spacial score (nSPS) is 48.7. The minimum Gasteiger partial charge on any atom is -0.396 e. The van der Waals surface area contributed by atoms with Crippen LogP contribution in [0.1, 0.15) is 46.0 Å². The maximum atomic E-state index is 9.59. The van der Waals surface area contributed by atoms with Crippen molar-refractivity contribution in [3.63, 3.8) is 0 Å². The Morgan fingerprint density at radius 1 is 1.24 bits per heavy atom. The van der Waals surface area contributed by atoms with Gasteiger partial charge in [-0.05, 0) is 60.3 Å². The predicted octanol–water partition coefficient (Wildman–Crippen LogP) is 2.50. The second-order valence-corrected chi connectivity index (χ2v) is 7.11. The Bertz CT molecular complexity index is 373. The summed E-state index contributed by atoms with van der Waals surface area (Å²) < 4.78 is 0. The average Bonchev–Trinajstić information content (AvgIpc) is 2.63. The number of rotatable bonds is 2. The van der Waals surface area contributed by atoms with Gasteiger partial charge in [-0.2, -0.15) is 0 Å². The summed E-state index contributed by atoms with van der Waals surface area (Å²) >= 11 is 0. The molecule has 0 radical (unpaired) electrons. The van der Waals surface area contributed by atoms with Crippen LogP contribution >= 0.6 is 0 Å². The van der Waals surface area contributed by atoms with E-state index >= 15 is 0 Å². The van der Waals surface area contributed by atoms with Crippen LogP contribution in [0.2, 0.25) is 0 Å². The summed E-state index contributed by atoms with van der Waals surface area (Å²) in [6.07, 6.45) is 5.88. The number of hydrogen-bond donors (Lipinski definition) is 2. The average molecular weight is 236 g/mol. The fourth-order valence-corrected chi connectivity index (χ4v) is 4.88. The topological polar surface area (TPSA) is 40.5 Å². The summed E-state index contributed by atoms with van der Waals surface area (Å²) in [5.74, 6) is 1.45. The Kier molecular flexibility index (Phi) is 2.47. The Hall–Kier alpha value is -0.340. The number of hydrogen-bond acceptors (Lipinski definition) is 2. The molecule has 2 heteroatoms.